The summed E-state index contributed by atoms with van der Waals surface area (Å²) in [5, 5.41) is 0.697. The van der Waals surface area contributed by atoms with Crippen LogP contribution < -0.4 is 10.5 Å². The maximum Gasteiger partial charge on any atom is 0.128 e. The van der Waals surface area contributed by atoms with Crippen molar-refractivity contribution in [2.24, 2.45) is 5.73 Å². The van der Waals surface area contributed by atoms with Crippen molar-refractivity contribution < 1.29 is 4.74 Å². The Morgan fingerprint density at radius 2 is 1.80 bits per heavy atom. The van der Waals surface area contributed by atoms with Crippen molar-refractivity contribution in [3.63, 3.8) is 0 Å². The van der Waals surface area contributed by atoms with E-state index in [9.17, 15) is 0 Å². The van der Waals surface area contributed by atoms with Crippen LogP contribution in [-0.2, 0) is 6.42 Å². The Balaban J connectivity index is 2.10. The van der Waals surface area contributed by atoms with Gasteiger partial charge < -0.3 is 10.5 Å². The molecule has 2 aromatic rings. The highest BCUT2D eigenvalue weighted by molar-refractivity contribution is 9.10. The summed E-state index contributed by atoms with van der Waals surface area (Å²) < 4.78 is 6.80. The van der Waals surface area contributed by atoms with Crippen LogP contribution in [-0.4, -0.2) is 6.04 Å². The first-order valence-electron chi connectivity index (χ1n) is 6.56. The molecule has 2 N–H and O–H groups in total. The smallest absolute Gasteiger partial charge is 0.128 e. The molecule has 0 saturated carbocycles. The van der Waals surface area contributed by atoms with Crippen LogP contribution in [0.15, 0.2) is 46.9 Å². The van der Waals surface area contributed by atoms with Crippen LogP contribution in [0.1, 0.15) is 18.9 Å². The summed E-state index contributed by atoms with van der Waals surface area (Å²) in [7, 11) is 0. The van der Waals surface area contributed by atoms with E-state index >= 15 is 0 Å². The van der Waals surface area contributed by atoms with E-state index in [1.54, 1.807) is 12.1 Å². The second-order valence-electron chi connectivity index (χ2n) is 4.68. The van der Waals surface area contributed by atoms with Gasteiger partial charge in [-0.2, -0.15) is 0 Å². The van der Waals surface area contributed by atoms with Crippen molar-refractivity contribution in [2.45, 2.75) is 25.8 Å². The fourth-order valence-corrected chi connectivity index (χ4v) is 2.47. The minimum atomic E-state index is 0.189. The Kier molecular flexibility index (Phi) is 5.46. The number of halogens is 2. The van der Waals surface area contributed by atoms with Crippen molar-refractivity contribution in [3.8, 4) is 11.5 Å². The molecule has 0 aliphatic heterocycles. The average Bonchev–Trinajstić information content (AvgIpc) is 2.44. The van der Waals surface area contributed by atoms with Gasteiger partial charge in [0.15, 0.2) is 0 Å². The highest BCUT2D eigenvalue weighted by atomic mass is 79.9. The highest BCUT2D eigenvalue weighted by Gasteiger charge is 2.07. The Morgan fingerprint density at radius 1 is 1.15 bits per heavy atom. The van der Waals surface area contributed by atoms with Crippen molar-refractivity contribution in [2.75, 3.05) is 0 Å². The fraction of sp³-hybridized carbons (Fsp3) is 0.250. The molecular weight excluding hydrogens is 338 g/mol. The molecule has 0 amide bonds. The normalized spacial score (nSPS) is 12.2. The molecule has 2 nitrogen and oxygen atoms in total. The van der Waals surface area contributed by atoms with Crippen molar-refractivity contribution in [3.05, 3.63) is 57.5 Å². The van der Waals surface area contributed by atoms with Gasteiger partial charge in [0.25, 0.3) is 0 Å². The van der Waals surface area contributed by atoms with Crippen LogP contribution in [0.3, 0.4) is 0 Å². The van der Waals surface area contributed by atoms with Gasteiger partial charge in [0.1, 0.15) is 11.5 Å². The lowest BCUT2D eigenvalue weighted by molar-refractivity contribution is 0.482. The van der Waals surface area contributed by atoms with Crippen LogP contribution in [0.5, 0.6) is 11.5 Å². The van der Waals surface area contributed by atoms with Crippen LogP contribution in [0.4, 0.5) is 0 Å². The molecule has 106 valence electrons. The first-order chi connectivity index (χ1) is 9.58. The Bertz CT molecular complexity index is 571. The Morgan fingerprint density at radius 3 is 2.40 bits per heavy atom. The summed E-state index contributed by atoms with van der Waals surface area (Å²) in [6.45, 7) is 2.09. The number of hydrogen-bond acceptors (Lipinski definition) is 2. The van der Waals surface area contributed by atoms with Gasteiger partial charge in [-0.15, -0.1) is 0 Å². The molecule has 0 bridgehead atoms. The van der Waals surface area contributed by atoms with E-state index in [0.717, 1.165) is 28.8 Å². The molecule has 1 unspecified atom stereocenters. The van der Waals surface area contributed by atoms with Gasteiger partial charge in [-0.05, 0) is 54.8 Å². The SMILES string of the molecule is CCC(N)Cc1ccc(Oc2ccc(Cl)cc2)cc1Br. The van der Waals surface area contributed by atoms with Crippen LogP contribution >= 0.6 is 27.5 Å². The molecule has 0 heterocycles. The van der Waals surface area contributed by atoms with Gasteiger partial charge in [-0.3, -0.25) is 0 Å². The van der Waals surface area contributed by atoms with Gasteiger partial charge in [-0.1, -0.05) is 40.5 Å². The van der Waals surface area contributed by atoms with Gasteiger partial charge in [0.05, 0.1) is 0 Å². The van der Waals surface area contributed by atoms with Crippen molar-refractivity contribution >= 4 is 27.5 Å². The lowest BCUT2D eigenvalue weighted by Gasteiger charge is -2.12. The molecule has 0 radical (unpaired) electrons. The number of benzene rings is 2. The van der Waals surface area contributed by atoms with Gasteiger partial charge in [0.2, 0.25) is 0 Å². The lowest BCUT2D eigenvalue weighted by Crippen LogP contribution is -2.21. The second kappa shape index (κ2) is 7.11. The van der Waals surface area contributed by atoms with Gasteiger partial charge in [0, 0.05) is 15.5 Å². The molecule has 0 aliphatic carbocycles. The minimum Gasteiger partial charge on any atom is -0.457 e. The molecular formula is C16H17BrClNO. The summed E-state index contributed by atoms with van der Waals surface area (Å²) in [5.41, 5.74) is 7.18. The standard InChI is InChI=1S/C16H17BrClNO/c1-2-13(19)9-11-3-6-15(10-16(11)17)20-14-7-4-12(18)5-8-14/h3-8,10,13H,2,9,19H2,1H3. The maximum absolute atomic E-state index is 5.99. The predicted molar refractivity (Wildman–Crippen MR) is 87.6 cm³/mol. The zero-order valence-corrected chi connectivity index (χ0v) is 13.6. The van der Waals surface area contributed by atoms with Crippen molar-refractivity contribution in [1.29, 1.82) is 0 Å². The zero-order chi connectivity index (χ0) is 14.5. The van der Waals surface area contributed by atoms with E-state index in [2.05, 4.69) is 22.9 Å². The molecule has 0 aromatic heterocycles. The number of hydrogen-bond donors (Lipinski definition) is 1. The van der Waals surface area contributed by atoms with Crippen molar-refractivity contribution in [1.82, 2.24) is 0 Å². The first-order valence-corrected chi connectivity index (χ1v) is 7.73. The topological polar surface area (TPSA) is 35.2 Å². The fourth-order valence-electron chi connectivity index (χ4n) is 1.82. The molecule has 0 saturated heterocycles. The molecule has 0 spiro atoms. The summed E-state index contributed by atoms with van der Waals surface area (Å²) in [5.74, 6) is 1.55. The quantitative estimate of drug-likeness (QED) is 0.803. The monoisotopic (exact) mass is 353 g/mol. The van der Waals surface area contributed by atoms with Gasteiger partial charge >= 0.3 is 0 Å². The third-order valence-corrected chi connectivity index (χ3v) is 4.07. The summed E-state index contributed by atoms with van der Waals surface area (Å²) >= 11 is 9.42. The van der Waals surface area contributed by atoms with Crippen LogP contribution in [0.25, 0.3) is 0 Å². The molecule has 2 rings (SSSR count). The van der Waals surface area contributed by atoms with E-state index in [1.807, 2.05) is 30.3 Å². The first kappa shape index (κ1) is 15.4. The molecule has 0 fully saturated rings. The third kappa shape index (κ3) is 4.23. The van der Waals surface area contributed by atoms with E-state index in [0.29, 0.717) is 5.02 Å². The highest BCUT2D eigenvalue weighted by Crippen LogP contribution is 2.28. The molecule has 0 aliphatic rings. The number of ether oxygens (including phenoxy) is 1. The Hall–Kier alpha value is -1.03. The predicted octanol–water partition coefficient (Wildman–Crippen LogP) is 5.17. The minimum absolute atomic E-state index is 0.189. The molecule has 1 atom stereocenters. The summed E-state index contributed by atoms with van der Waals surface area (Å²) in [6.07, 6.45) is 1.83. The van der Waals surface area contributed by atoms with E-state index in [4.69, 9.17) is 22.1 Å². The summed E-state index contributed by atoms with van der Waals surface area (Å²) in [4.78, 5) is 0. The van der Waals surface area contributed by atoms with E-state index in [-0.39, 0.29) is 6.04 Å². The van der Waals surface area contributed by atoms with E-state index in [1.165, 1.54) is 5.56 Å². The summed E-state index contributed by atoms with van der Waals surface area (Å²) in [6, 6.07) is 13.5. The molecule has 4 heteroatoms. The second-order valence-corrected chi connectivity index (χ2v) is 5.97. The van der Waals surface area contributed by atoms with Crippen LogP contribution in [0, 0.1) is 0 Å². The zero-order valence-electron chi connectivity index (χ0n) is 11.3. The number of nitrogens with two attached hydrogens (primary N) is 1. The largest absolute Gasteiger partial charge is 0.457 e. The van der Waals surface area contributed by atoms with E-state index < -0.39 is 0 Å². The number of rotatable bonds is 5. The maximum atomic E-state index is 5.99. The van der Waals surface area contributed by atoms with Gasteiger partial charge in [-0.25, -0.2) is 0 Å². The lowest BCUT2D eigenvalue weighted by atomic mass is 10.0. The van der Waals surface area contributed by atoms with Crippen LogP contribution in [0.2, 0.25) is 5.02 Å². The average molecular weight is 355 g/mol. The molecule has 20 heavy (non-hydrogen) atoms. The molecule has 2 aromatic carbocycles. The third-order valence-electron chi connectivity index (χ3n) is 3.08. The Labute approximate surface area is 133 Å².